The average Bonchev–Trinajstić information content (AvgIpc) is 2.47. The van der Waals surface area contributed by atoms with E-state index in [-0.39, 0.29) is 0 Å². The molecule has 0 unspecified atom stereocenters. The van der Waals surface area contributed by atoms with Crippen LogP contribution in [0, 0.1) is 31.9 Å². The molecule has 12 heteroatoms. The van der Waals surface area contributed by atoms with Crippen LogP contribution >= 0.6 is 0 Å². The molecule has 2 aromatic rings. The Labute approximate surface area is 133 Å². The van der Waals surface area contributed by atoms with Gasteiger partial charge in [0, 0.05) is 12.1 Å². The summed E-state index contributed by atoms with van der Waals surface area (Å²) in [5.41, 5.74) is -1.40. The first-order valence-corrected chi connectivity index (χ1v) is 7.44. The molecule has 9 nitrogen and oxygen atoms in total. The highest BCUT2D eigenvalue weighted by molar-refractivity contribution is 7.89. The number of halogens is 2. The van der Waals surface area contributed by atoms with Crippen LogP contribution in [-0.2, 0) is 10.0 Å². The molecule has 0 amide bonds. The number of rotatable bonds is 3. The van der Waals surface area contributed by atoms with Gasteiger partial charge in [-0.15, -0.1) is 0 Å². The second kappa shape index (κ2) is 7.52. The van der Waals surface area contributed by atoms with Crippen LogP contribution in [0.5, 0.6) is 0 Å². The van der Waals surface area contributed by atoms with E-state index in [4.69, 9.17) is 5.14 Å². The maximum absolute atomic E-state index is 12.7. The lowest BCUT2D eigenvalue weighted by Crippen LogP contribution is -2.12. The largest absolute Gasteiger partial charge is 0.306 e. The van der Waals surface area contributed by atoms with Gasteiger partial charge in [0.05, 0.1) is 14.7 Å². The monoisotopic (exact) mass is 361 g/mol. The molecule has 128 valence electrons. The maximum atomic E-state index is 12.7. The normalized spacial score (nSPS) is 10.5. The quantitative estimate of drug-likeness (QED) is 0.654. The van der Waals surface area contributed by atoms with Crippen molar-refractivity contribution in [1.29, 1.82) is 0 Å². The lowest BCUT2D eigenvalue weighted by molar-refractivity contribution is -0.387. The molecule has 2 aromatic carbocycles. The molecule has 0 aliphatic heterocycles. The molecule has 0 radical (unpaired) electrons. The molecule has 24 heavy (non-hydrogen) atoms. The third-order valence-corrected chi connectivity index (χ3v) is 3.40. The Morgan fingerprint density at radius 1 is 0.875 bits per heavy atom. The summed E-state index contributed by atoms with van der Waals surface area (Å²) >= 11 is 0. The van der Waals surface area contributed by atoms with Gasteiger partial charge in [0.15, 0.2) is 0 Å². The number of nitro benzene ring substituents is 2. The number of benzene rings is 2. The Bertz CT molecular complexity index is 888. The first-order valence-electron chi connectivity index (χ1n) is 5.89. The zero-order valence-electron chi connectivity index (χ0n) is 11.6. The highest BCUT2D eigenvalue weighted by atomic mass is 32.2. The summed E-state index contributed by atoms with van der Waals surface area (Å²) in [5, 5.41) is 24.9. The molecular formula is C12H9F2N3O6S. The topological polar surface area (TPSA) is 146 Å². The highest BCUT2D eigenvalue weighted by Gasteiger charge is 2.18. The SMILES string of the molecule is NS(=O)(=O)c1ccc(F)c([N+](=O)[O-])c1.O=[N+]([O-])c1ccccc1F. The van der Waals surface area contributed by atoms with Crippen LogP contribution in [0.1, 0.15) is 0 Å². The first-order chi connectivity index (χ1) is 11.0. The number of hydrogen-bond acceptors (Lipinski definition) is 6. The van der Waals surface area contributed by atoms with Crippen molar-refractivity contribution in [2.45, 2.75) is 4.90 Å². The summed E-state index contributed by atoms with van der Waals surface area (Å²) in [5.74, 6) is -1.91. The summed E-state index contributed by atoms with van der Waals surface area (Å²) in [6.45, 7) is 0. The summed E-state index contributed by atoms with van der Waals surface area (Å²) in [7, 11) is -4.05. The minimum atomic E-state index is -4.05. The molecule has 2 rings (SSSR count). The van der Waals surface area contributed by atoms with Gasteiger partial charge in [0.25, 0.3) is 0 Å². The molecule has 0 heterocycles. The summed E-state index contributed by atoms with van der Waals surface area (Å²) in [4.78, 5) is 17.9. The van der Waals surface area contributed by atoms with Crippen LogP contribution in [-0.4, -0.2) is 18.3 Å². The van der Waals surface area contributed by atoms with Gasteiger partial charge in [-0.05, 0) is 18.2 Å². The number of hydrogen-bond donors (Lipinski definition) is 1. The van der Waals surface area contributed by atoms with Crippen LogP contribution < -0.4 is 5.14 Å². The van der Waals surface area contributed by atoms with Crippen molar-refractivity contribution in [2.24, 2.45) is 5.14 Å². The third kappa shape index (κ3) is 5.03. The molecule has 0 atom stereocenters. The van der Waals surface area contributed by atoms with Crippen molar-refractivity contribution in [3.63, 3.8) is 0 Å². The van der Waals surface area contributed by atoms with E-state index in [0.717, 1.165) is 18.2 Å². The van der Waals surface area contributed by atoms with Gasteiger partial charge >= 0.3 is 11.4 Å². The van der Waals surface area contributed by atoms with E-state index in [1.54, 1.807) is 0 Å². The van der Waals surface area contributed by atoms with E-state index in [0.29, 0.717) is 12.1 Å². The molecule has 2 N–H and O–H groups in total. The molecule has 0 aliphatic rings. The number of nitro groups is 2. The van der Waals surface area contributed by atoms with E-state index in [2.05, 4.69) is 0 Å². The van der Waals surface area contributed by atoms with Crippen molar-refractivity contribution in [2.75, 3.05) is 0 Å². The Balaban J connectivity index is 0.000000254. The van der Waals surface area contributed by atoms with E-state index >= 15 is 0 Å². The Hall–Kier alpha value is -2.99. The van der Waals surface area contributed by atoms with Crippen molar-refractivity contribution >= 4 is 21.4 Å². The van der Waals surface area contributed by atoms with Crippen LogP contribution in [0.15, 0.2) is 47.4 Å². The molecule has 0 aromatic heterocycles. The highest BCUT2D eigenvalue weighted by Crippen LogP contribution is 2.20. The minimum absolute atomic E-state index is 0.484. The Morgan fingerprint density at radius 2 is 1.38 bits per heavy atom. The van der Waals surface area contributed by atoms with Crippen LogP contribution in [0.4, 0.5) is 20.2 Å². The van der Waals surface area contributed by atoms with Crippen molar-refractivity contribution in [3.8, 4) is 0 Å². The fourth-order valence-corrected chi connectivity index (χ4v) is 1.94. The zero-order chi connectivity index (χ0) is 18.5. The number of sulfonamides is 1. The third-order valence-electron chi connectivity index (χ3n) is 2.49. The lowest BCUT2D eigenvalue weighted by atomic mass is 10.3. The van der Waals surface area contributed by atoms with Gasteiger partial charge < -0.3 is 0 Å². The standard InChI is InChI=1S/C6H5FN2O4S.C6H4FNO2/c7-5-2-1-4(14(8,12)13)3-6(5)9(10)11;7-5-3-1-2-4-6(5)8(9)10/h1-3H,(H2,8,12,13);1-4H. The van der Waals surface area contributed by atoms with Crippen LogP contribution in [0.2, 0.25) is 0 Å². The summed E-state index contributed by atoms with van der Waals surface area (Å²) in [6.07, 6.45) is 0. The van der Waals surface area contributed by atoms with Gasteiger partial charge in [0.2, 0.25) is 21.7 Å². The van der Waals surface area contributed by atoms with Gasteiger partial charge in [-0.1, -0.05) is 12.1 Å². The van der Waals surface area contributed by atoms with Crippen molar-refractivity contribution < 1.29 is 27.0 Å². The van der Waals surface area contributed by atoms with Gasteiger partial charge in [-0.25, -0.2) is 13.6 Å². The van der Waals surface area contributed by atoms with E-state index in [1.165, 1.54) is 12.1 Å². The number of para-hydroxylation sites is 1. The van der Waals surface area contributed by atoms with Gasteiger partial charge in [-0.3, -0.25) is 20.2 Å². The van der Waals surface area contributed by atoms with E-state index in [1.807, 2.05) is 0 Å². The lowest BCUT2D eigenvalue weighted by Gasteiger charge is -1.98. The predicted molar refractivity (Wildman–Crippen MR) is 77.5 cm³/mol. The summed E-state index contributed by atoms with van der Waals surface area (Å²) < 4.78 is 46.6. The van der Waals surface area contributed by atoms with Gasteiger partial charge in [-0.2, -0.15) is 8.78 Å². The fourth-order valence-electron chi connectivity index (χ4n) is 1.41. The molecule has 0 spiro atoms. The van der Waals surface area contributed by atoms with Crippen LogP contribution in [0.3, 0.4) is 0 Å². The Morgan fingerprint density at radius 3 is 1.79 bits per heavy atom. The molecule has 0 fully saturated rings. The molecule has 0 saturated carbocycles. The van der Waals surface area contributed by atoms with Gasteiger partial charge in [0.1, 0.15) is 0 Å². The smallest absolute Gasteiger partial charge is 0.258 e. The second-order valence-electron chi connectivity index (χ2n) is 4.12. The maximum Gasteiger partial charge on any atom is 0.306 e. The number of nitrogens with zero attached hydrogens (tertiary/aromatic N) is 2. The van der Waals surface area contributed by atoms with E-state index < -0.39 is 47.8 Å². The second-order valence-corrected chi connectivity index (χ2v) is 5.69. The molecule has 0 aliphatic carbocycles. The molecular weight excluding hydrogens is 352 g/mol. The average molecular weight is 361 g/mol. The molecule has 0 bridgehead atoms. The predicted octanol–water partition coefficient (Wildman–Crippen LogP) is 2.12. The van der Waals surface area contributed by atoms with Crippen molar-refractivity contribution in [1.82, 2.24) is 0 Å². The summed E-state index contributed by atoms with van der Waals surface area (Å²) in [6, 6.07) is 7.11. The first kappa shape index (κ1) is 19.1. The minimum Gasteiger partial charge on any atom is -0.258 e. The van der Waals surface area contributed by atoms with Crippen LogP contribution in [0.25, 0.3) is 0 Å². The fraction of sp³-hybridized carbons (Fsp3) is 0. The van der Waals surface area contributed by atoms with E-state index in [9.17, 15) is 37.4 Å². The molecule has 0 saturated heterocycles. The number of primary sulfonamides is 1. The zero-order valence-corrected chi connectivity index (χ0v) is 12.4. The Kier molecular flexibility index (Phi) is 5.97. The van der Waals surface area contributed by atoms with Crippen molar-refractivity contribution in [3.05, 3.63) is 74.3 Å². The number of nitrogens with two attached hydrogens (primary N) is 1.